The van der Waals surface area contributed by atoms with E-state index in [1.54, 1.807) is 0 Å². The molecule has 0 amide bonds. The fraction of sp³-hybridized carbons (Fsp3) is 0.300. The van der Waals surface area contributed by atoms with E-state index in [9.17, 15) is 17.6 Å². The second kappa shape index (κ2) is 4.91. The first-order valence-corrected chi connectivity index (χ1v) is 6.33. The summed E-state index contributed by atoms with van der Waals surface area (Å²) in [5, 5.41) is 8.99. The molecule has 0 unspecified atom stereocenters. The van der Waals surface area contributed by atoms with Gasteiger partial charge in [-0.05, 0) is 19.1 Å². The fourth-order valence-corrected chi connectivity index (χ4v) is 1.91. The van der Waals surface area contributed by atoms with Gasteiger partial charge < -0.3 is 5.11 Å². The quantitative estimate of drug-likeness (QED) is 0.860. The van der Waals surface area contributed by atoms with Gasteiger partial charge in [-0.25, -0.2) is 9.18 Å². The molecular formula is C10H13FN2O4S. The van der Waals surface area contributed by atoms with Crippen LogP contribution in [-0.4, -0.2) is 37.9 Å². The highest BCUT2D eigenvalue weighted by atomic mass is 32.2. The molecule has 0 saturated heterocycles. The molecule has 0 atom stereocenters. The van der Waals surface area contributed by atoms with Crippen molar-refractivity contribution in [3.05, 3.63) is 29.1 Å². The van der Waals surface area contributed by atoms with Crippen LogP contribution in [0.5, 0.6) is 0 Å². The highest BCUT2D eigenvalue weighted by Gasteiger charge is 2.21. The average molecular weight is 276 g/mol. The molecule has 18 heavy (non-hydrogen) atoms. The van der Waals surface area contributed by atoms with Gasteiger partial charge >= 0.3 is 16.2 Å². The molecule has 8 heteroatoms. The summed E-state index contributed by atoms with van der Waals surface area (Å²) in [4.78, 5) is 11.0. The van der Waals surface area contributed by atoms with Gasteiger partial charge in [0, 0.05) is 19.7 Å². The summed E-state index contributed by atoms with van der Waals surface area (Å²) in [6.07, 6.45) is 0. The molecule has 6 nitrogen and oxygen atoms in total. The highest BCUT2D eigenvalue weighted by molar-refractivity contribution is 7.90. The van der Waals surface area contributed by atoms with Gasteiger partial charge in [-0.15, -0.1) is 0 Å². The van der Waals surface area contributed by atoms with Gasteiger partial charge in [0.25, 0.3) is 0 Å². The average Bonchev–Trinajstić information content (AvgIpc) is 2.22. The molecule has 100 valence electrons. The predicted octanol–water partition coefficient (Wildman–Crippen LogP) is 1.05. The van der Waals surface area contributed by atoms with Crippen molar-refractivity contribution >= 4 is 21.9 Å². The van der Waals surface area contributed by atoms with E-state index < -0.39 is 27.6 Å². The summed E-state index contributed by atoms with van der Waals surface area (Å²) in [6.45, 7) is 1.27. The second-order valence-corrected chi connectivity index (χ2v) is 5.67. The number of aromatic carboxylic acids is 1. The van der Waals surface area contributed by atoms with Crippen LogP contribution in [0.2, 0.25) is 0 Å². The Balaban J connectivity index is 3.35. The Morgan fingerprint density at radius 1 is 1.39 bits per heavy atom. The smallest absolute Gasteiger partial charge is 0.338 e. The van der Waals surface area contributed by atoms with Gasteiger partial charge in [-0.1, -0.05) is 0 Å². The topological polar surface area (TPSA) is 86.7 Å². The maximum Gasteiger partial charge on any atom is 0.338 e. The van der Waals surface area contributed by atoms with Crippen LogP contribution < -0.4 is 4.72 Å². The summed E-state index contributed by atoms with van der Waals surface area (Å²) in [5.74, 6) is -2.11. The number of carboxylic acids is 1. The van der Waals surface area contributed by atoms with Crippen molar-refractivity contribution in [2.75, 3.05) is 18.8 Å². The zero-order chi connectivity index (χ0) is 14.1. The van der Waals surface area contributed by atoms with Crippen molar-refractivity contribution in [2.45, 2.75) is 6.92 Å². The van der Waals surface area contributed by atoms with Crippen LogP contribution in [-0.2, 0) is 10.2 Å². The Hall–Kier alpha value is -1.67. The summed E-state index contributed by atoms with van der Waals surface area (Å²) in [6, 6.07) is 2.09. The number of nitrogens with one attached hydrogen (secondary N) is 1. The second-order valence-electron chi connectivity index (χ2n) is 3.79. The van der Waals surface area contributed by atoms with E-state index in [0.29, 0.717) is 0 Å². The molecular weight excluding hydrogens is 263 g/mol. The standard InChI is InChI=1S/C10H13FN2O4S/c1-6-7(11)4-5-8(9(6)10(14)15)12-18(16,17)13(2)3/h4-5,12H,1-3H3,(H,14,15). The lowest BCUT2D eigenvalue weighted by atomic mass is 10.1. The Morgan fingerprint density at radius 2 is 1.94 bits per heavy atom. The van der Waals surface area contributed by atoms with Crippen LogP contribution in [0.3, 0.4) is 0 Å². The SMILES string of the molecule is Cc1c(F)ccc(NS(=O)(=O)N(C)C)c1C(=O)O. The van der Waals surface area contributed by atoms with Crippen LogP contribution >= 0.6 is 0 Å². The molecule has 0 heterocycles. The van der Waals surface area contributed by atoms with Crippen LogP contribution in [0, 0.1) is 12.7 Å². The third kappa shape index (κ3) is 2.77. The van der Waals surface area contributed by atoms with E-state index >= 15 is 0 Å². The van der Waals surface area contributed by atoms with E-state index in [1.807, 2.05) is 0 Å². The number of hydrogen-bond donors (Lipinski definition) is 2. The number of benzene rings is 1. The molecule has 0 saturated carbocycles. The summed E-state index contributed by atoms with van der Waals surface area (Å²) in [5.41, 5.74) is -0.697. The van der Waals surface area contributed by atoms with E-state index in [2.05, 4.69) is 4.72 Å². The van der Waals surface area contributed by atoms with Crippen molar-refractivity contribution < 1.29 is 22.7 Å². The van der Waals surface area contributed by atoms with Crippen molar-refractivity contribution in [1.29, 1.82) is 0 Å². The summed E-state index contributed by atoms with van der Waals surface area (Å²) < 4.78 is 39.4. The van der Waals surface area contributed by atoms with Gasteiger partial charge in [0.2, 0.25) is 0 Å². The number of carbonyl (C=O) groups is 1. The molecule has 1 aromatic carbocycles. The number of anilines is 1. The molecule has 1 aromatic rings. The van der Waals surface area contributed by atoms with Crippen molar-refractivity contribution in [3.63, 3.8) is 0 Å². The number of rotatable bonds is 4. The van der Waals surface area contributed by atoms with Crippen LogP contribution in [0.4, 0.5) is 10.1 Å². The van der Waals surface area contributed by atoms with Crippen molar-refractivity contribution in [3.8, 4) is 0 Å². The third-order valence-corrected chi connectivity index (χ3v) is 3.77. The van der Waals surface area contributed by atoms with E-state index in [-0.39, 0.29) is 11.3 Å². The van der Waals surface area contributed by atoms with Gasteiger partial charge in [0.15, 0.2) is 0 Å². The van der Waals surface area contributed by atoms with Gasteiger partial charge in [-0.2, -0.15) is 12.7 Å². The molecule has 1 rings (SSSR count). The number of nitrogens with zero attached hydrogens (tertiary/aromatic N) is 1. The molecule has 0 bridgehead atoms. The molecule has 0 aliphatic carbocycles. The molecule has 2 N–H and O–H groups in total. The lowest BCUT2D eigenvalue weighted by Crippen LogP contribution is -2.29. The predicted molar refractivity (Wildman–Crippen MR) is 64.3 cm³/mol. The van der Waals surface area contributed by atoms with Crippen molar-refractivity contribution in [1.82, 2.24) is 4.31 Å². The first kappa shape index (κ1) is 14.4. The van der Waals surface area contributed by atoms with E-state index in [1.165, 1.54) is 21.0 Å². The van der Waals surface area contributed by atoms with Gasteiger partial charge in [-0.3, -0.25) is 4.72 Å². The maximum atomic E-state index is 13.3. The Labute approximate surface area is 104 Å². The normalized spacial score (nSPS) is 11.6. The van der Waals surface area contributed by atoms with Crippen molar-refractivity contribution in [2.24, 2.45) is 0 Å². The number of halogens is 1. The van der Waals surface area contributed by atoms with Crippen LogP contribution in [0.15, 0.2) is 12.1 Å². The Bertz CT molecular complexity index is 584. The summed E-state index contributed by atoms with van der Waals surface area (Å²) >= 11 is 0. The van der Waals surface area contributed by atoms with Gasteiger partial charge in [0.1, 0.15) is 5.82 Å². The zero-order valence-corrected chi connectivity index (χ0v) is 10.9. The molecule has 0 spiro atoms. The number of hydrogen-bond acceptors (Lipinski definition) is 3. The minimum atomic E-state index is -3.84. The lowest BCUT2D eigenvalue weighted by molar-refractivity contribution is 0.0696. The largest absolute Gasteiger partial charge is 0.478 e. The van der Waals surface area contributed by atoms with Gasteiger partial charge in [0.05, 0.1) is 11.3 Å². The minimum Gasteiger partial charge on any atom is -0.478 e. The Kier molecular flexibility index (Phi) is 3.92. The first-order chi connectivity index (χ1) is 8.16. The molecule has 0 aliphatic rings. The lowest BCUT2D eigenvalue weighted by Gasteiger charge is -2.16. The third-order valence-electron chi connectivity index (χ3n) is 2.33. The molecule has 0 aromatic heterocycles. The van der Waals surface area contributed by atoms with E-state index in [4.69, 9.17) is 5.11 Å². The highest BCUT2D eigenvalue weighted by Crippen LogP contribution is 2.23. The first-order valence-electron chi connectivity index (χ1n) is 4.89. The molecule has 0 fully saturated rings. The zero-order valence-electron chi connectivity index (χ0n) is 10.1. The van der Waals surface area contributed by atoms with Crippen LogP contribution in [0.25, 0.3) is 0 Å². The maximum absolute atomic E-state index is 13.3. The monoisotopic (exact) mass is 276 g/mol. The number of carboxylic acid groups (broad SMARTS) is 1. The summed E-state index contributed by atoms with van der Waals surface area (Å²) in [7, 11) is -1.26. The Morgan fingerprint density at radius 3 is 2.39 bits per heavy atom. The molecule has 0 aliphatic heterocycles. The minimum absolute atomic E-state index is 0.124. The molecule has 0 radical (unpaired) electrons. The van der Waals surface area contributed by atoms with E-state index in [0.717, 1.165) is 16.4 Å². The van der Waals surface area contributed by atoms with Crippen LogP contribution in [0.1, 0.15) is 15.9 Å². The fourth-order valence-electron chi connectivity index (χ4n) is 1.28.